The van der Waals surface area contributed by atoms with Gasteiger partial charge in [-0.3, -0.25) is 9.59 Å². The highest BCUT2D eigenvalue weighted by Crippen LogP contribution is 2.25. The number of nitrogens with one attached hydrogen (secondary N) is 1. The van der Waals surface area contributed by atoms with Crippen LogP contribution in [0.1, 0.15) is 29.9 Å². The van der Waals surface area contributed by atoms with E-state index in [1.165, 1.54) is 0 Å². The van der Waals surface area contributed by atoms with E-state index in [9.17, 15) is 19.5 Å². The normalized spacial score (nSPS) is 11.7. The average molecular weight is 341 g/mol. The number of hydrogen-bond donors (Lipinski definition) is 3. The van der Waals surface area contributed by atoms with E-state index in [1.807, 2.05) is 12.1 Å². The van der Waals surface area contributed by atoms with E-state index >= 15 is 0 Å². The molecule has 0 unspecified atom stereocenters. The van der Waals surface area contributed by atoms with Crippen LogP contribution in [0.25, 0.3) is 0 Å². The maximum atomic E-state index is 12.8. The molecule has 0 aliphatic heterocycles. The molecule has 0 saturated heterocycles. The van der Waals surface area contributed by atoms with Gasteiger partial charge < -0.3 is 15.5 Å². The zero-order valence-corrected chi connectivity index (χ0v) is 13.5. The molecule has 1 amide bonds. The Labute approximate surface area is 145 Å². The van der Waals surface area contributed by atoms with Crippen molar-refractivity contribution < 1.29 is 24.6 Å². The lowest BCUT2D eigenvalue weighted by atomic mass is 9.90. The third kappa shape index (κ3) is 5.17. The number of carbonyl (C=O) groups is 3. The van der Waals surface area contributed by atoms with Crippen molar-refractivity contribution in [3.8, 4) is 0 Å². The standard InChI is InChI=1S/C19H19NO5/c21-16(22)12-11-15(19(24)25)20-18(23)17(13-7-3-1-4-8-13)14-9-5-2-6-10-14/h1-10,15,17H,11-12H2,(H,20,23)(H,21,22)(H,24,25)/t15-/m1/s1. The fourth-order valence-corrected chi connectivity index (χ4v) is 2.57. The number of amides is 1. The van der Waals surface area contributed by atoms with Gasteiger partial charge in [-0.25, -0.2) is 4.79 Å². The van der Waals surface area contributed by atoms with E-state index in [0.29, 0.717) is 0 Å². The van der Waals surface area contributed by atoms with Crippen molar-refractivity contribution in [3.63, 3.8) is 0 Å². The number of hydrogen-bond acceptors (Lipinski definition) is 3. The summed E-state index contributed by atoms with van der Waals surface area (Å²) < 4.78 is 0. The summed E-state index contributed by atoms with van der Waals surface area (Å²) >= 11 is 0. The van der Waals surface area contributed by atoms with Gasteiger partial charge in [0.1, 0.15) is 6.04 Å². The molecule has 25 heavy (non-hydrogen) atoms. The first kappa shape index (κ1) is 18.2. The predicted octanol–water partition coefficient (Wildman–Crippen LogP) is 2.25. The Bertz CT molecular complexity index is 690. The van der Waals surface area contributed by atoms with E-state index in [2.05, 4.69) is 5.32 Å². The van der Waals surface area contributed by atoms with Gasteiger partial charge in [-0.2, -0.15) is 0 Å². The number of rotatable bonds is 8. The fourth-order valence-electron chi connectivity index (χ4n) is 2.57. The quantitative estimate of drug-likeness (QED) is 0.683. The zero-order chi connectivity index (χ0) is 18.2. The fraction of sp³-hybridized carbons (Fsp3) is 0.211. The summed E-state index contributed by atoms with van der Waals surface area (Å²) in [5.74, 6) is -3.51. The second kappa shape index (κ2) is 8.63. The Morgan fingerprint density at radius 2 is 1.32 bits per heavy atom. The highest BCUT2D eigenvalue weighted by Gasteiger charge is 2.27. The summed E-state index contributed by atoms with van der Waals surface area (Å²) in [6.45, 7) is 0. The van der Waals surface area contributed by atoms with Gasteiger partial charge in [0.15, 0.2) is 0 Å². The Morgan fingerprint density at radius 3 is 1.72 bits per heavy atom. The van der Waals surface area contributed by atoms with Gasteiger partial charge >= 0.3 is 11.9 Å². The van der Waals surface area contributed by atoms with Crippen molar-refractivity contribution in [2.24, 2.45) is 0 Å². The van der Waals surface area contributed by atoms with Crippen molar-refractivity contribution in [2.45, 2.75) is 24.8 Å². The summed E-state index contributed by atoms with van der Waals surface area (Å²) in [6, 6.07) is 16.8. The van der Waals surface area contributed by atoms with Crippen molar-refractivity contribution in [3.05, 3.63) is 71.8 Å². The molecule has 0 saturated carbocycles. The molecule has 6 nitrogen and oxygen atoms in total. The number of carbonyl (C=O) groups excluding carboxylic acids is 1. The molecule has 0 radical (unpaired) electrons. The molecular weight excluding hydrogens is 322 g/mol. The highest BCUT2D eigenvalue weighted by atomic mass is 16.4. The monoisotopic (exact) mass is 341 g/mol. The number of carboxylic acid groups (broad SMARTS) is 2. The van der Waals surface area contributed by atoms with Crippen LogP contribution < -0.4 is 5.32 Å². The topological polar surface area (TPSA) is 104 Å². The summed E-state index contributed by atoms with van der Waals surface area (Å²) in [4.78, 5) is 34.8. The Balaban J connectivity index is 2.26. The maximum Gasteiger partial charge on any atom is 0.326 e. The summed E-state index contributed by atoms with van der Waals surface area (Å²) in [5, 5.41) is 20.5. The van der Waals surface area contributed by atoms with E-state index in [4.69, 9.17) is 5.11 Å². The minimum absolute atomic E-state index is 0.174. The Kier molecular flexibility index (Phi) is 6.28. The third-order valence-corrected chi connectivity index (χ3v) is 3.79. The smallest absolute Gasteiger partial charge is 0.326 e. The van der Waals surface area contributed by atoms with Crippen molar-refractivity contribution >= 4 is 17.8 Å². The van der Waals surface area contributed by atoms with E-state index in [0.717, 1.165) is 11.1 Å². The van der Waals surface area contributed by atoms with Crippen LogP contribution in [0, 0.1) is 0 Å². The predicted molar refractivity (Wildman–Crippen MR) is 91.2 cm³/mol. The van der Waals surface area contributed by atoms with Crippen LogP contribution in [-0.4, -0.2) is 34.1 Å². The van der Waals surface area contributed by atoms with Gasteiger partial charge in [0, 0.05) is 6.42 Å². The molecular formula is C19H19NO5. The number of aliphatic carboxylic acids is 2. The molecule has 0 aromatic heterocycles. The second-order valence-corrected chi connectivity index (χ2v) is 5.59. The van der Waals surface area contributed by atoms with Gasteiger partial charge in [-0.1, -0.05) is 60.7 Å². The third-order valence-electron chi connectivity index (χ3n) is 3.79. The number of benzene rings is 2. The van der Waals surface area contributed by atoms with Crippen LogP contribution in [0.2, 0.25) is 0 Å². The summed E-state index contributed by atoms with van der Waals surface area (Å²) in [5.41, 5.74) is 1.46. The molecule has 0 aliphatic rings. The largest absolute Gasteiger partial charge is 0.481 e. The van der Waals surface area contributed by atoms with E-state index < -0.39 is 29.8 Å². The average Bonchev–Trinajstić information content (AvgIpc) is 2.60. The van der Waals surface area contributed by atoms with Crippen molar-refractivity contribution in [1.29, 1.82) is 0 Å². The maximum absolute atomic E-state index is 12.8. The van der Waals surface area contributed by atoms with Crippen LogP contribution in [0.3, 0.4) is 0 Å². The first-order chi connectivity index (χ1) is 12.0. The van der Waals surface area contributed by atoms with Crippen LogP contribution >= 0.6 is 0 Å². The lowest BCUT2D eigenvalue weighted by Gasteiger charge is -2.21. The van der Waals surface area contributed by atoms with Crippen LogP contribution in [0.15, 0.2) is 60.7 Å². The minimum Gasteiger partial charge on any atom is -0.481 e. The summed E-state index contributed by atoms with van der Waals surface area (Å²) in [7, 11) is 0. The Hall–Kier alpha value is -3.15. The van der Waals surface area contributed by atoms with Crippen LogP contribution in [0.4, 0.5) is 0 Å². The molecule has 2 aromatic rings. The molecule has 0 aliphatic carbocycles. The van der Waals surface area contributed by atoms with Gasteiger partial charge in [-0.05, 0) is 17.5 Å². The van der Waals surface area contributed by atoms with Crippen molar-refractivity contribution in [1.82, 2.24) is 5.32 Å². The molecule has 6 heteroatoms. The lowest BCUT2D eigenvalue weighted by Crippen LogP contribution is -2.43. The minimum atomic E-state index is -1.26. The van der Waals surface area contributed by atoms with E-state index in [1.54, 1.807) is 48.5 Å². The molecule has 3 N–H and O–H groups in total. The van der Waals surface area contributed by atoms with Crippen molar-refractivity contribution in [2.75, 3.05) is 0 Å². The van der Waals surface area contributed by atoms with Gasteiger partial charge in [0.2, 0.25) is 5.91 Å². The SMILES string of the molecule is O=C(O)CC[C@@H](NC(=O)C(c1ccccc1)c1ccccc1)C(=O)O. The lowest BCUT2D eigenvalue weighted by molar-refractivity contribution is -0.143. The van der Waals surface area contributed by atoms with E-state index in [-0.39, 0.29) is 12.8 Å². The Morgan fingerprint density at radius 1 is 0.840 bits per heavy atom. The molecule has 0 heterocycles. The highest BCUT2D eigenvalue weighted by molar-refractivity contribution is 5.90. The van der Waals surface area contributed by atoms with Gasteiger partial charge in [0.25, 0.3) is 0 Å². The first-order valence-corrected chi connectivity index (χ1v) is 7.84. The van der Waals surface area contributed by atoms with Gasteiger partial charge in [-0.15, -0.1) is 0 Å². The van der Waals surface area contributed by atoms with Crippen LogP contribution in [-0.2, 0) is 14.4 Å². The number of carboxylic acids is 2. The molecule has 2 rings (SSSR count). The molecule has 0 spiro atoms. The molecule has 130 valence electrons. The van der Waals surface area contributed by atoms with Crippen LogP contribution in [0.5, 0.6) is 0 Å². The molecule has 0 fully saturated rings. The second-order valence-electron chi connectivity index (χ2n) is 5.59. The molecule has 2 aromatic carbocycles. The van der Waals surface area contributed by atoms with Gasteiger partial charge in [0.05, 0.1) is 5.92 Å². The first-order valence-electron chi connectivity index (χ1n) is 7.84. The molecule has 1 atom stereocenters. The summed E-state index contributed by atoms with van der Waals surface area (Å²) in [6.07, 6.45) is -0.509. The zero-order valence-electron chi connectivity index (χ0n) is 13.5. The molecule has 0 bridgehead atoms.